The molecule has 0 radical (unpaired) electrons. The average molecular weight is 245 g/mol. The highest BCUT2D eigenvalue weighted by Gasteiger charge is 1.96. The number of hydrogen-bond acceptors (Lipinski definition) is 1. The number of nitrogens with zero attached hydrogens (tertiary/aromatic N) is 1. The average Bonchev–Trinajstić information content (AvgIpc) is 2.37. The van der Waals surface area contributed by atoms with Gasteiger partial charge in [-0.2, -0.15) is 0 Å². The molecule has 1 rings (SSSR count). The number of benzene rings is 1. The van der Waals surface area contributed by atoms with E-state index in [1.54, 1.807) is 0 Å². The summed E-state index contributed by atoms with van der Waals surface area (Å²) in [5.74, 6) is 0. The zero-order chi connectivity index (χ0) is 13.2. The molecule has 1 aromatic carbocycles. The maximum absolute atomic E-state index is 4.54. The Balaban J connectivity index is 2.22. The van der Waals surface area contributed by atoms with Gasteiger partial charge in [-0.3, -0.25) is 4.99 Å². The Kier molecular flexibility index (Phi) is 7.40. The van der Waals surface area contributed by atoms with E-state index in [2.05, 4.69) is 44.0 Å². The zero-order valence-electron chi connectivity index (χ0n) is 12.2. The van der Waals surface area contributed by atoms with E-state index in [9.17, 15) is 0 Å². The van der Waals surface area contributed by atoms with Crippen LogP contribution in [0.25, 0.3) is 0 Å². The van der Waals surface area contributed by atoms with Crippen LogP contribution in [0.2, 0.25) is 0 Å². The van der Waals surface area contributed by atoms with Gasteiger partial charge in [-0.15, -0.1) is 0 Å². The Morgan fingerprint density at radius 1 is 1.00 bits per heavy atom. The monoisotopic (exact) mass is 245 g/mol. The van der Waals surface area contributed by atoms with Crippen LogP contribution < -0.4 is 0 Å². The fraction of sp³-hybridized carbons (Fsp3) is 0.588. The molecule has 1 nitrogen and oxygen atoms in total. The van der Waals surface area contributed by atoms with Gasteiger partial charge in [-0.05, 0) is 37.0 Å². The van der Waals surface area contributed by atoms with Crippen molar-refractivity contribution < 1.29 is 0 Å². The highest BCUT2D eigenvalue weighted by atomic mass is 14.7. The summed E-state index contributed by atoms with van der Waals surface area (Å²) in [7, 11) is 0. The van der Waals surface area contributed by atoms with Crippen molar-refractivity contribution in [3.8, 4) is 0 Å². The Labute approximate surface area is 112 Å². The second-order valence-electron chi connectivity index (χ2n) is 5.09. The highest BCUT2D eigenvalue weighted by Crippen LogP contribution is 2.10. The minimum atomic E-state index is 0.972. The van der Waals surface area contributed by atoms with Gasteiger partial charge < -0.3 is 0 Å². The van der Waals surface area contributed by atoms with Crippen molar-refractivity contribution in [2.45, 2.75) is 59.3 Å². The van der Waals surface area contributed by atoms with E-state index >= 15 is 0 Å². The van der Waals surface area contributed by atoms with Crippen molar-refractivity contribution in [2.75, 3.05) is 6.54 Å². The molecule has 0 saturated carbocycles. The first-order valence-corrected chi connectivity index (χ1v) is 7.31. The first-order valence-electron chi connectivity index (χ1n) is 7.31. The summed E-state index contributed by atoms with van der Waals surface area (Å²) < 4.78 is 0. The molecule has 0 amide bonds. The highest BCUT2D eigenvalue weighted by molar-refractivity contribution is 5.82. The number of rotatable bonds is 8. The summed E-state index contributed by atoms with van der Waals surface area (Å²) in [6.07, 6.45) is 10.0. The van der Waals surface area contributed by atoms with Crippen molar-refractivity contribution in [3.05, 3.63) is 34.9 Å². The molecule has 0 aliphatic heterocycles. The van der Waals surface area contributed by atoms with Crippen LogP contribution in [0.5, 0.6) is 0 Å². The summed E-state index contributed by atoms with van der Waals surface area (Å²) >= 11 is 0. The van der Waals surface area contributed by atoms with E-state index in [4.69, 9.17) is 0 Å². The second-order valence-corrected chi connectivity index (χ2v) is 5.09. The predicted molar refractivity (Wildman–Crippen MR) is 81.8 cm³/mol. The molecule has 0 aliphatic carbocycles. The van der Waals surface area contributed by atoms with E-state index in [1.807, 2.05) is 6.21 Å². The van der Waals surface area contributed by atoms with E-state index in [1.165, 1.54) is 55.2 Å². The molecule has 0 aromatic heterocycles. The van der Waals surface area contributed by atoms with Crippen LogP contribution in [0.4, 0.5) is 0 Å². The second kappa shape index (κ2) is 8.91. The van der Waals surface area contributed by atoms with Crippen molar-refractivity contribution >= 4 is 6.21 Å². The fourth-order valence-electron chi connectivity index (χ4n) is 2.06. The molecular formula is C17H27N. The van der Waals surface area contributed by atoms with Crippen molar-refractivity contribution in [1.29, 1.82) is 0 Å². The standard InChI is InChI=1S/C17H27N/c1-4-5-6-7-8-9-13-18-14-17-12-10-11-15(2)16(17)3/h10-12,14H,4-9,13H2,1-3H3/b18-14+. The SMILES string of the molecule is CCCCCCCC/N=C/c1cccc(C)c1C. The molecular weight excluding hydrogens is 218 g/mol. The molecule has 0 spiro atoms. The lowest BCUT2D eigenvalue weighted by atomic mass is 10.0. The lowest BCUT2D eigenvalue weighted by molar-refractivity contribution is 0.612. The Morgan fingerprint density at radius 2 is 1.72 bits per heavy atom. The largest absolute Gasteiger partial charge is 0.293 e. The molecule has 0 heterocycles. The normalized spacial score (nSPS) is 11.3. The van der Waals surface area contributed by atoms with E-state index in [-0.39, 0.29) is 0 Å². The van der Waals surface area contributed by atoms with Crippen molar-refractivity contribution in [1.82, 2.24) is 0 Å². The summed E-state index contributed by atoms with van der Waals surface area (Å²) in [5.41, 5.74) is 3.96. The minimum Gasteiger partial charge on any atom is -0.293 e. The zero-order valence-corrected chi connectivity index (χ0v) is 12.2. The Morgan fingerprint density at radius 3 is 2.50 bits per heavy atom. The maximum Gasteiger partial charge on any atom is 0.0389 e. The predicted octanol–water partition coefficient (Wildman–Crippen LogP) is 5.08. The Bertz CT molecular complexity index is 366. The summed E-state index contributed by atoms with van der Waals surface area (Å²) in [5, 5.41) is 0. The Hall–Kier alpha value is -1.11. The van der Waals surface area contributed by atoms with Gasteiger partial charge in [0.2, 0.25) is 0 Å². The number of hydrogen-bond donors (Lipinski definition) is 0. The maximum atomic E-state index is 4.54. The topological polar surface area (TPSA) is 12.4 Å². The number of aryl methyl sites for hydroxylation is 1. The van der Waals surface area contributed by atoms with Gasteiger partial charge >= 0.3 is 0 Å². The number of aliphatic imine (C=N–C) groups is 1. The smallest absolute Gasteiger partial charge is 0.0389 e. The molecule has 1 aromatic rings. The van der Waals surface area contributed by atoms with Crippen LogP contribution in [-0.4, -0.2) is 12.8 Å². The van der Waals surface area contributed by atoms with Crippen LogP contribution in [0.15, 0.2) is 23.2 Å². The van der Waals surface area contributed by atoms with Crippen molar-refractivity contribution in [2.24, 2.45) is 4.99 Å². The van der Waals surface area contributed by atoms with Gasteiger partial charge in [0.05, 0.1) is 0 Å². The lowest BCUT2D eigenvalue weighted by Gasteiger charge is -2.03. The minimum absolute atomic E-state index is 0.972. The molecule has 1 heteroatoms. The number of unbranched alkanes of at least 4 members (excludes halogenated alkanes) is 5. The van der Waals surface area contributed by atoms with Gasteiger partial charge in [-0.25, -0.2) is 0 Å². The molecule has 0 fully saturated rings. The molecule has 100 valence electrons. The van der Waals surface area contributed by atoms with Crippen LogP contribution in [0.1, 0.15) is 62.1 Å². The first kappa shape index (κ1) is 14.9. The molecule has 18 heavy (non-hydrogen) atoms. The summed E-state index contributed by atoms with van der Waals surface area (Å²) in [6, 6.07) is 6.40. The van der Waals surface area contributed by atoms with Crippen molar-refractivity contribution in [3.63, 3.8) is 0 Å². The van der Waals surface area contributed by atoms with Crippen LogP contribution in [-0.2, 0) is 0 Å². The van der Waals surface area contributed by atoms with Crippen LogP contribution >= 0.6 is 0 Å². The quantitative estimate of drug-likeness (QED) is 0.447. The molecule has 0 N–H and O–H groups in total. The molecule has 0 aliphatic rings. The van der Waals surface area contributed by atoms with Gasteiger partial charge in [0, 0.05) is 12.8 Å². The third-order valence-electron chi connectivity index (χ3n) is 3.52. The van der Waals surface area contributed by atoms with E-state index < -0.39 is 0 Å². The van der Waals surface area contributed by atoms with Gasteiger partial charge in [-0.1, -0.05) is 57.2 Å². The van der Waals surface area contributed by atoms with Crippen LogP contribution in [0, 0.1) is 13.8 Å². The van der Waals surface area contributed by atoms with E-state index in [0.29, 0.717) is 0 Å². The molecule has 0 unspecified atom stereocenters. The van der Waals surface area contributed by atoms with Gasteiger partial charge in [0.15, 0.2) is 0 Å². The van der Waals surface area contributed by atoms with Gasteiger partial charge in [0.25, 0.3) is 0 Å². The van der Waals surface area contributed by atoms with Gasteiger partial charge in [0.1, 0.15) is 0 Å². The molecule has 0 saturated heterocycles. The molecule has 0 atom stereocenters. The third-order valence-corrected chi connectivity index (χ3v) is 3.52. The lowest BCUT2D eigenvalue weighted by Crippen LogP contribution is -1.91. The summed E-state index contributed by atoms with van der Waals surface area (Å²) in [4.78, 5) is 4.54. The third kappa shape index (κ3) is 5.48. The fourth-order valence-corrected chi connectivity index (χ4v) is 2.06. The summed E-state index contributed by atoms with van der Waals surface area (Å²) in [6.45, 7) is 7.55. The first-order chi connectivity index (χ1) is 8.75. The van der Waals surface area contributed by atoms with Crippen LogP contribution in [0.3, 0.4) is 0 Å². The van der Waals surface area contributed by atoms with E-state index in [0.717, 1.165) is 6.54 Å². The molecule has 0 bridgehead atoms.